The van der Waals surface area contributed by atoms with E-state index in [2.05, 4.69) is 255 Å². The Labute approximate surface area is 435 Å². The van der Waals surface area contributed by atoms with Gasteiger partial charge in [-0.1, -0.05) is 186 Å². The molecule has 4 heteroatoms. The van der Waals surface area contributed by atoms with E-state index in [1.54, 1.807) is 0 Å². The fourth-order valence-electron chi connectivity index (χ4n) is 11.0. The number of hydrogen-bond donors (Lipinski definition) is 0. The number of aryl methyl sites for hydroxylation is 4. The summed E-state index contributed by atoms with van der Waals surface area (Å²) in [6.07, 6.45) is 18.5. The van der Waals surface area contributed by atoms with Gasteiger partial charge in [0.05, 0.1) is 35.6 Å². The summed E-state index contributed by atoms with van der Waals surface area (Å²) in [5, 5.41) is 9.98. The number of allylic oxidation sites excluding steroid dienone is 10. The standard InChI is InChI=1S/C70H52N4/c1-45-6-16-50(17-7-45)56-28-40-67(63(42-56)52-20-10-47(3)11-21-52)73(59-32-14-49(44-71)15-33-59)65-38-26-54-25-37-62-66(39-27-55-24-36-61(65)69(54)70(55)62)74(60-34-30-58(72-5)31-35-60)68-41-29-57(51-18-8-46(2)9-19-51)43-64(68)53-22-12-48(4)13-23-53/h6-43,65,70H,1-4H3. The highest BCUT2D eigenvalue weighted by atomic mass is 15.2. The lowest BCUT2D eigenvalue weighted by Gasteiger charge is -2.44. The normalized spacial score (nSPS) is 16.0. The van der Waals surface area contributed by atoms with Crippen LogP contribution in [-0.4, -0.2) is 6.04 Å². The molecule has 0 aliphatic heterocycles. The van der Waals surface area contributed by atoms with Crippen molar-refractivity contribution in [2.75, 3.05) is 9.80 Å². The summed E-state index contributed by atoms with van der Waals surface area (Å²) in [6, 6.07) is 67.2. The Morgan fingerprint density at radius 3 is 1.55 bits per heavy atom. The van der Waals surface area contributed by atoms with Gasteiger partial charge in [0.1, 0.15) is 0 Å². The molecule has 4 nitrogen and oxygen atoms in total. The lowest BCUT2D eigenvalue weighted by Crippen LogP contribution is -2.37. The van der Waals surface area contributed by atoms with Crippen LogP contribution in [0.3, 0.4) is 0 Å². The van der Waals surface area contributed by atoms with Crippen LogP contribution in [0.25, 0.3) is 49.4 Å². The van der Waals surface area contributed by atoms with Gasteiger partial charge in [-0.3, -0.25) is 0 Å². The number of nitriles is 1. The molecule has 0 heterocycles. The highest BCUT2D eigenvalue weighted by Crippen LogP contribution is 2.53. The van der Waals surface area contributed by atoms with Crippen molar-refractivity contribution in [1.29, 1.82) is 5.26 Å². The topological polar surface area (TPSA) is 34.6 Å². The highest BCUT2D eigenvalue weighted by Gasteiger charge is 2.40. The van der Waals surface area contributed by atoms with Crippen LogP contribution in [0.2, 0.25) is 0 Å². The number of anilines is 4. The van der Waals surface area contributed by atoms with Crippen LogP contribution in [0.5, 0.6) is 0 Å². The predicted octanol–water partition coefficient (Wildman–Crippen LogP) is 18.1. The Morgan fingerprint density at radius 1 is 0.486 bits per heavy atom. The van der Waals surface area contributed by atoms with Crippen molar-refractivity contribution in [3.63, 3.8) is 0 Å². The van der Waals surface area contributed by atoms with E-state index in [4.69, 9.17) is 6.57 Å². The molecule has 2 atom stereocenters. The average molecular weight is 949 g/mol. The minimum absolute atomic E-state index is 0.0505. The van der Waals surface area contributed by atoms with E-state index in [1.165, 1.54) is 55.7 Å². The molecule has 0 spiro atoms. The van der Waals surface area contributed by atoms with Crippen molar-refractivity contribution >= 4 is 28.4 Å². The van der Waals surface area contributed by atoms with Crippen LogP contribution in [0, 0.1) is 51.5 Å². The third kappa shape index (κ3) is 8.33. The van der Waals surface area contributed by atoms with E-state index in [1.807, 2.05) is 24.3 Å². The van der Waals surface area contributed by atoms with Gasteiger partial charge >= 0.3 is 0 Å². The van der Waals surface area contributed by atoms with Gasteiger partial charge in [-0.05, 0) is 156 Å². The lowest BCUT2D eigenvalue weighted by molar-refractivity contribution is 0.773. The first-order chi connectivity index (χ1) is 36.2. The zero-order valence-electron chi connectivity index (χ0n) is 41.9. The van der Waals surface area contributed by atoms with Gasteiger partial charge in [0, 0.05) is 34.1 Å². The van der Waals surface area contributed by atoms with Crippen LogP contribution in [0.1, 0.15) is 27.8 Å². The van der Waals surface area contributed by atoms with Crippen molar-refractivity contribution < 1.29 is 0 Å². The fraction of sp³-hybridized carbons (Fsp3) is 0.0857. The van der Waals surface area contributed by atoms with E-state index in [9.17, 15) is 5.26 Å². The molecule has 0 bridgehead atoms. The van der Waals surface area contributed by atoms with Gasteiger partial charge in [-0.25, -0.2) is 4.85 Å². The second kappa shape index (κ2) is 18.9. The Kier molecular flexibility index (Phi) is 11.7. The summed E-state index contributed by atoms with van der Waals surface area (Å²) >= 11 is 0. The number of benzene rings is 8. The zero-order valence-corrected chi connectivity index (χ0v) is 41.9. The molecule has 0 saturated heterocycles. The van der Waals surface area contributed by atoms with Crippen LogP contribution < -0.4 is 9.80 Å². The van der Waals surface area contributed by atoms with E-state index < -0.39 is 0 Å². The maximum atomic E-state index is 9.98. The van der Waals surface area contributed by atoms with E-state index >= 15 is 0 Å². The van der Waals surface area contributed by atoms with Gasteiger partial charge in [-0.15, -0.1) is 0 Å². The molecule has 0 radical (unpaired) electrons. The summed E-state index contributed by atoms with van der Waals surface area (Å²) in [7, 11) is 0. The second-order valence-corrected chi connectivity index (χ2v) is 19.8. The predicted molar refractivity (Wildman–Crippen MR) is 307 cm³/mol. The maximum absolute atomic E-state index is 9.98. The Morgan fingerprint density at radius 2 is 1.00 bits per heavy atom. The fourth-order valence-corrected chi connectivity index (χ4v) is 11.0. The quantitative estimate of drug-likeness (QED) is 0.128. The molecular weight excluding hydrogens is 897 g/mol. The molecular formula is C70H52N4. The summed E-state index contributed by atoms with van der Waals surface area (Å²) < 4.78 is 0. The van der Waals surface area contributed by atoms with Crippen molar-refractivity contribution in [2.45, 2.75) is 33.7 Å². The van der Waals surface area contributed by atoms with Crippen LogP contribution >= 0.6 is 0 Å². The van der Waals surface area contributed by atoms with Crippen LogP contribution in [0.15, 0.2) is 264 Å². The third-order valence-corrected chi connectivity index (χ3v) is 15.0. The summed E-state index contributed by atoms with van der Waals surface area (Å²) in [4.78, 5) is 8.66. The van der Waals surface area contributed by atoms with E-state index in [-0.39, 0.29) is 12.0 Å². The third-order valence-electron chi connectivity index (χ3n) is 15.0. The zero-order chi connectivity index (χ0) is 50.5. The molecule has 8 aromatic rings. The van der Waals surface area contributed by atoms with Gasteiger partial charge in [0.2, 0.25) is 0 Å². The molecule has 0 aromatic heterocycles. The minimum Gasteiger partial charge on any atom is -0.330 e. The molecule has 12 rings (SSSR count). The number of nitrogens with zero attached hydrogens (tertiary/aromatic N) is 4. The molecule has 74 heavy (non-hydrogen) atoms. The smallest absolute Gasteiger partial charge is 0.187 e. The molecule has 0 amide bonds. The Balaban J connectivity index is 1.02. The second-order valence-electron chi connectivity index (χ2n) is 19.8. The van der Waals surface area contributed by atoms with Crippen molar-refractivity contribution in [3.8, 4) is 50.6 Å². The molecule has 0 saturated carbocycles. The van der Waals surface area contributed by atoms with Gasteiger partial charge in [0.25, 0.3) is 0 Å². The molecule has 0 N–H and O–H groups in total. The minimum atomic E-state index is -0.198. The first-order valence-electron chi connectivity index (χ1n) is 25.3. The Bertz CT molecular complexity index is 3840. The van der Waals surface area contributed by atoms with E-state index in [0.717, 1.165) is 67.4 Å². The summed E-state index contributed by atoms with van der Waals surface area (Å²) in [5.41, 5.74) is 26.5. The SMILES string of the molecule is [C-]#[N+]c1ccc(N(C2=C3C=CC4=C5C(=CC=C(C=C2)C35)C(N(c2ccc(C#N)cc2)c2ccc(-c3ccc(C)cc3)cc2-c2ccc(C)cc2)C=C4)c2ccc(-c3ccc(C)cc3)cc2-c2ccc(C)cc2)cc1. The van der Waals surface area contributed by atoms with Crippen LogP contribution in [-0.2, 0) is 0 Å². The monoisotopic (exact) mass is 948 g/mol. The molecule has 4 aliphatic carbocycles. The molecule has 352 valence electrons. The van der Waals surface area contributed by atoms with Crippen molar-refractivity contribution in [1.82, 2.24) is 0 Å². The average Bonchev–Trinajstić information content (AvgIpc) is 3.44. The first kappa shape index (κ1) is 45.6. The number of rotatable bonds is 10. The molecule has 8 aromatic carbocycles. The van der Waals surface area contributed by atoms with Crippen LogP contribution in [0.4, 0.5) is 28.4 Å². The van der Waals surface area contributed by atoms with Gasteiger partial charge < -0.3 is 9.80 Å². The number of hydrogen-bond acceptors (Lipinski definition) is 3. The molecule has 0 fully saturated rings. The summed E-state index contributed by atoms with van der Waals surface area (Å²) in [6.45, 7) is 16.4. The largest absolute Gasteiger partial charge is 0.330 e. The Hall–Kier alpha value is -9.48. The summed E-state index contributed by atoms with van der Waals surface area (Å²) in [5.74, 6) is -0.0505. The lowest BCUT2D eigenvalue weighted by atomic mass is 9.67. The van der Waals surface area contributed by atoms with Crippen molar-refractivity contribution in [3.05, 3.63) is 303 Å². The van der Waals surface area contributed by atoms with Gasteiger partial charge in [-0.2, -0.15) is 5.26 Å². The molecule has 4 aliphatic rings. The maximum Gasteiger partial charge on any atom is 0.187 e. The molecule has 2 unspecified atom stereocenters. The van der Waals surface area contributed by atoms with Gasteiger partial charge in [0.15, 0.2) is 5.69 Å². The first-order valence-corrected chi connectivity index (χ1v) is 25.3. The van der Waals surface area contributed by atoms with Crippen molar-refractivity contribution in [2.24, 2.45) is 5.92 Å². The van der Waals surface area contributed by atoms with E-state index in [0.29, 0.717) is 11.3 Å². The highest BCUT2D eigenvalue weighted by molar-refractivity contribution is 5.91.